The van der Waals surface area contributed by atoms with Gasteiger partial charge in [-0.25, -0.2) is 8.42 Å². The summed E-state index contributed by atoms with van der Waals surface area (Å²) in [5.41, 5.74) is 0. The molecular formula is C10H21NO3S. The van der Waals surface area contributed by atoms with Gasteiger partial charge >= 0.3 is 0 Å². The Bertz CT molecular complexity index is 270. The smallest absolute Gasteiger partial charge is 0.214 e. The predicted octanol–water partition coefficient (Wildman–Crippen LogP) is 0.963. The Morgan fingerprint density at radius 3 is 2.40 bits per heavy atom. The second-order valence-electron chi connectivity index (χ2n) is 4.09. The van der Waals surface area contributed by atoms with Crippen LogP contribution in [-0.2, 0) is 10.0 Å². The summed E-state index contributed by atoms with van der Waals surface area (Å²) in [6.07, 6.45) is 4.74. The molecule has 0 aromatic heterocycles. The van der Waals surface area contributed by atoms with Crippen LogP contribution in [0.2, 0.25) is 0 Å². The minimum atomic E-state index is -3.14. The van der Waals surface area contributed by atoms with Gasteiger partial charge in [-0.2, -0.15) is 4.31 Å². The van der Waals surface area contributed by atoms with Crippen LogP contribution >= 0.6 is 0 Å². The first kappa shape index (κ1) is 12.9. The van der Waals surface area contributed by atoms with Crippen LogP contribution in [-0.4, -0.2) is 42.8 Å². The van der Waals surface area contributed by atoms with Crippen LogP contribution < -0.4 is 0 Å². The molecule has 0 saturated heterocycles. The molecule has 1 fully saturated rings. The summed E-state index contributed by atoms with van der Waals surface area (Å²) in [4.78, 5) is 0. The third kappa shape index (κ3) is 3.43. The van der Waals surface area contributed by atoms with Crippen molar-refractivity contribution in [3.05, 3.63) is 0 Å². The normalized spacial score (nSPS) is 18.9. The second kappa shape index (κ2) is 5.82. The lowest BCUT2D eigenvalue weighted by atomic mass is 10.2. The third-order valence-electron chi connectivity index (χ3n) is 2.87. The topological polar surface area (TPSA) is 57.6 Å². The first-order valence-corrected chi connectivity index (χ1v) is 7.33. The summed E-state index contributed by atoms with van der Waals surface area (Å²) in [5.74, 6) is 0.198. The maximum atomic E-state index is 11.9. The molecule has 0 spiro atoms. The van der Waals surface area contributed by atoms with Crippen molar-refractivity contribution < 1.29 is 13.5 Å². The molecule has 5 heteroatoms. The highest BCUT2D eigenvalue weighted by molar-refractivity contribution is 7.89. The molecule has 0 heterocycles. The molecule has 1 aliphatic carbocycles. The summed E-state index contributed by atoms with van der Waals surface area (Å²) in [5, 5.41) is 8.92. The molecule has 1 rings (SSSR count). The maximum Gasteiger partial charge on any atom is 0.214 e. The Balaban J connectivity index is 2.71. The molecule has 15 heavy (non-hydrogen) atoms. The van der Waals surface area contributed by atoms with E-state index in [0.717, 1.165) is 25.7 Å². The van der Waals surface area contributed by atoms with E-state index in [1.165, 1.54) is 4.31 Å². The Kier molecular flexibility index (Phi) is 5.02. The monoisotopic (exact) mass is 235 g/mol. The van der Waals surface area contributed by atoms with Gasteiger partial charge in [0, 0.05) is 12.6 Å². The minimum absolute atomic E-state index is 0.0839. The first-order valence-electron chi connectivity index (χ1n) is 5.72. The first-order chi connectivity index (χ1) is 7.11. The van der Waals surface area contributed by atoms with Crippen molar-refractivity contribution >= 4 is 10.0 Å². The fraction of sp³-hybridized carbons (Fsp3) is 1.00. The van der Waals surface area contributed by atoms with Crippen molar-refractivity contribution in [2.45, 2.75) is 45.1 Å². The van der Waals surface area contributed by atoms with Gasteiger partial charge in [0.15, 0.2) is 0 Å². The minimum Gasteiger partial charge on any atom is -0.395 e. The summed E-state index contributed by atoms with van der Waals surface area (Å²) in [6.45, 7) is 2.04. The highest BCUT2D eigenvalue weighted by Gasteiger charge is 2.30. The van der Waals surface area contributed by atoms with Crippen LogP contribution in [0.3, 0.4) is 0 Å². The largest absolute Gasteiger partial charge is 0.395 e. The lowest BCUT2D eigenvalue weighted by Gasteiger charge is -2.27. The van der Waals surface area contributed by atoms with E-state index in [9.17, 15) is 8.42 Å². The van der Waals surface area contributed by atoms with Gasteiger partial charge in [0.1, 0.15) is 0 Å². The van der Waals surface area contributed by atoms with Crippen molar-refractivity contribution in [2.24, 2.45) is 0 Å². The molecule has 0 bridgehead atoms. The number of rotatable bonds is 6. The number of aliphatic hydroxyl groups excluding tert-OH is 1. The molecule has 0 aliphatic heterocycles. The molecule has 1 aliphatic rings. The molecule has 0 aromatic rings. The van der Waals surface area contributed by atoms with Gasteiger partial charge in [-0.05, 0) is 19.3 Å². The van der Waals surface area contributed by atoms with E-state index in [-0.39, 0.29) is 24.9 Å². The van der Waals surface area contributed by atoms with Gasteiger partial charge in [-0.15, -0.1) is 0 Å². The molecule has 90 valence electrons. The number of hydrogen-bond acceptors (Lipinski definition) is 3. The van der Waals surface area contributed by atoms with Crippen molar-refractivity contribution in [2.75, 3.05) is 18.9 Å². The zero-order valence-corrected chi connectivity index (χ0v) is 10.2. The van der Waals surface area contributed by atoms with Gasteiger partial charge in [-0.1, -0.05) is 19.8 Å². The summed E-state index contributed by atoms with van der Waals surface area (Å²) in [7, 11) is -3.14. The van der Waals surface area contributed by atoms with Crippen molar-refractivity contribution in [1.29, 1.82) is 0 Å². The quantitative estimate of drug-likeness (QED) is 0.746. The van der Waals surface area contributed by atoms with Crippen LogP contribution in [0, 0.1) is 0 Å². The van der Waals surface area contributed by atoms with E-state index >= 15 is 0 Å². The Morgan fingerprint density at radius 2 is 1.93 bits per heavy atom. The molecule has 4 nitrogen and oxygen atoms in total. The fourth-order valence-electron chi connectivity index (χ4n) is 2.21. The van der Waals surface area contributed by atoms with Gasteiger partial charge in [0.25, 0.3) is 0 Å². The van der Waals surface area contributed by atoms with Gasteiger partial charge in [-0.3, -0.25) is 0 Å². The van der Waals surface area contributed by atoms with E-state index in [1.807, 2.05) is 6.92 Å². The van der Waals surface area contributed by atoms with Gasteiger partial charge in [0.05, 0.1) is 12.4 Å². The van der Waals surface area contributed by atoms with Gasteiger partial charge < -0.3 is 5.11 Å². The molecule has 0 atom stereocenters. The zero-order valence-electron chi connectivity index (χ0n) is 9.35. The number of hydrogen-bond donors (Lipinski definition) is 1. The van der Waals surface area contributed by atoms with Crippen LogP contribution in [0.4, 0.5) is 0 Å². The highest BCUT2D eigenvalue weighted by atomic mass is 32.2. The van der Waals surface area contributed by atoms with Crippen LogP contribution in [0.25, 0.3) is 0 Å². The van der Waals surface area contributed by atoms with Crippen LogP contribution in [0.15, 0.2) is 0 Å². The van der Waals surface area contributed by atoms with E-state index in [4.69, 9.17) is 5.11 Å². The second-order valence-corrected chi connectivity index (χ2v) is 6.13. The number of aliphatic hydroxyl groups is 1. The van der Waals surface area contributed by atoms with Crippen molar-refractivity contribution in [1.82, 2.24) is 4.31 Å². The average Bonchev–Trinajstić information content (AvgIpc) is 2.66. The summed E-state index contributed by atoms with van der Waals surface area (Å²) >= 11 is 0. The highest BCUT2D eigenvalue weighted by Crippen LogP contribution is 2.25. The predicted molar refractivity (Wildman–Crippen MR) is 60.1 cm³/mol. The van der Waals surface area contributed by atoms with E-state index in [2.05, 4.69) is 0 Å². The molecule has 0 radical (unpaired) electrons. The van der Waals surface area contributed by atoms with Crippen molar-refractivity contribution in [3.63, 3.8) is 0 Å². The van der Waals surface area contributed by atoms with E-state index in [0.29, 0.717) is 6.42 Å². The maximum absolute atomic E-state index is 11.9. The molecule has 0 unspecified atom stereocenters. The molecule has 1 N–H and O–H groups in total. The molecule has 0 amide bonds. The Morgan fingerprint density at radius 1 is 1.33 bits per heavy atom. The van der Waals surface area contributed by atoms with Crippen molar-refractivity contribution in [3.8, 4) is 0 Å². The molecule has 0 aromatic carbocycles. The average molecular weight is 235 g/mol. The van der Waals surface area contributed by atoms with Crippen LogP contribution in [0.1, 0.15) is 39.0 Å². The molecule has 1 saturated carbocycles. The number of nitrogens with zero attached hydrogens (tertiary/aromatic N) is 1. The lowest BCUT2D eigenvalue weighted by molar-refractivity contribution is 0.226. The standard InChI is InChI=1S/C10H21NO3S/c1-2-9-15(13,14)11(7-8-12)10-5-3-4-6-10/h10,12H,2-9H2,1H3. The fourth-order valence-corrected chi connectivity index (χ4v) is 3.99. The Labute approximate surface area is 92.3 Å². The zero-order chi connectivity index (χ0) is 11.3. The Hall–Kier alpha value is -0.130. The molecular weight excluding hydrogens is 214 g/mol. The van der Waals surface area contributed by atoms with E-state index in [1.54, 1.807) is 0 Å². The summed E-state index contributed by atoms with van der Waals surface area (Å²) < 4.78 is 25.4. The SMILES string of the molecule is CCCS(=O)(=O)N(CCO)C1CCCC1. The third-order valence-corrected chi connectivity index (χ3v) is 4.99. The van der Waals surface area contributed by atoms with Crippen LogP contribution in [0.5, 0.6) is 0 Å². The number of sulfonamides is 1. The lowest BCUT2D eigenvalue weighted by Crippen LogP contribution is -2.41. The van der Waals surface area contributed by atoms with Gasteiger partial charge in [0.2, 0.25) is 10.0 Å². The van der Waals surface area contributed by atoms with E-state index < -0.39 is 10.0 Å². The summed E-state index contributed by atoms with van der Waals surface area (Å²) in [6, 6.07) is 0.133.